The van der Waals surface area contributed by atoms with Gasteiger partial charge in [-0.2, -0.15) is 0 Å². The van der Waals surface area contributed by atoms with Crippen molar-refractivity contribution in [1.82, 2.24) is 30.4 Å². The van der Waals surface area contributed by atoms with Crippen molar-refractivity contribution in [3.8, 4) is 11.4 Å². The number of fused-ring (bicyclic) bond motifs is 1. The van der Waals surface area contributed by atoms with Crippen LogP contribution in [0.15, 0.2) is 66.7 Å². The molecule has 1 saturated carbocycles. The molecule has 0 bridgehead atoms. The van der Waals surface area contributed by atoms with Gasteiger partial charge in [-0.05, 0) is 64.7 Å². The fourth-order valence-electron chi connectivity index (χ4n) is 4.57. The van der Waals surface area contributed by atoms with Gasteiger partial charge in [0.2, 0.25) is 5.91 Å². The number of benzene rings is 3. The van der Waals surface area contributed by atoms with Crippen LogP contribution in [0.2, 0.25) is 0 Å². The molecule has 1 saturated heterocycles. The highest BCUT2D eigenvalue weighted by atomic mass is 16.2. The molecule has 10 heteroatoms. The minimum atomic E-state index is -1.26. The van der Waals surface area contributed by atoms with Crippen LogP contribution < -0.4 is 10.6 Å². The van der Waals surface area contributed by atoms with Gasteiger partial charge in [-0.25, -0.2) is 9.48 Å². The molecule has 1 aromatic heterocycles. The Hall–Kier alpha value is -4.60. The molecule has 4 aromatic rings. The van der Waals surface area contributed by atoms with Crippen LogP contribution in [0.1, 0.15) is 31.4 Å². The predicted octanol–water partition coefficient (Wildman–Crippen LogP) is 3.23. The first-order chi connectivity index (χ1) is 17.4. The lowest BCUT2D eigenvalue weighted by molar-refractivity contribution is -0.133. The number of imide groups is 1. The molecule has 2 fully saturated rings. The molecule has 1 aliphatic carbocycles. The van der Waals surface area contributed by atoms with Crippen LogP contribution in [0.4, 0.5) is 10.5 Å². The smallest absolute Gasteiger partial charge is 0.325 e. The Morgan fingerprint density at radius 1 is 1.06 bits per heavy atom. The van der Waals surface area contributed by atoms with E-state index in [2.05, 4.69) is 26.2 Å². The van der Waals surface area contributed by atoms with Gasteiger partial charge < -0.3 is 10.6 Å². The zero-order valence-corrected chi connectivity index (χ0v) is 19.5. The van der Waals surface area contributed by atoms with Crippen LogP contribution in [0.25, 0.3) is 22.2 Å². The summed E-state index contributed by atoms with van der Waals surface area (Å²) in [5.41, 5.74) is 0.681. The van der Waals surface area contributed by atoms with Crippen molar-refractivity contribution < 1.29 is 14.4 Å². The highest BCUT2D eigenvalue weighted by Gasteiger charge is 2.49. The van der Waals surface area contributed by atoms with Crippen LogP contribution in [0.5, 0.6) is 0 Å². The molecule has 0 spiro atoms. The topological polar surface area (TPSA) is 122 Å². The first kappa shape index (κ1) is 21.9. The van der Waals surface area contributed by atoms with Gasteiger partial charge in [-0.1, -0.05) is 48.5 Å². The third-order valence-electron chi connectivity index (χ3n) is 6.69. The number of nitrogens with one attached hydrogen (secondary N) is 2. The van der Waals surface area contributed by atoms with Crippen molar-refractivity contribution in [3.05, 3.63) is 72.3 Å². The molecular formula is C26H23N7O3. The molecule has 0 radical (unpaired) electrons. The number of hydrogen-bond acceptors (Lipinski definition) is 6. The average Bonchev–Trinajstić information content (AvgIpc) is 3.57. The SMILES string of the molecule is CC1(c2ccc3ccccc3c2)NC(=O)N(CC(=O)Nc2cccc(-c3nnnn3C3CC3)c2)C1=O. The number of urea groups is 1. The van der Waals surface area contributed by atoms with Gasteiger partial charge in [-0.15, -0.1) is 5.10 Å². The molecule has 6 rings (SSSR count). The minimum Gasteiger partial charge on any atom is -0.325 e. The van der Waals surface area contributed by atoms with Gasteiger partial charge in [0, 0.05) is 11.3 Å². The summed E-state index contributed by atoms with van der Waals surface area (Å²) in [7, 11) is 0. The van der Waals surface area contributed by atoms with Crippen LogP contribution in [0.3, 0.4) is 0 Å². The third-order valence-corrected chi connectivity index (χ3v) is 6.69. The van der Waals surface area contributed by atoms with E-state index in [0.717, 1.165) is 34.1 Å². The summed E-state index contributed by atoms with van der Waals surface area (Å²) in [5.74, 6) is -0.329. The monoisotopic (exact) mass is 481 g/mol. The van der Waals surface area contributed by atoms with Crippen LogP contribution in [0, 0.1) is 0 Å². The van der Waals surface area contributed by atoms with Crippen LogP contribution in [-0.2, 0) is 15.1 Å². The van der Waals surface area contributed by atoms with Crippen molar-refractivity contribution in [1.29, 1.82) is 0 Å². The second-order valence-corrected chi connectivity index (χ2v) is 9.32. The van der Waals surface area contributed by atoms with E-state index < -0.39 is 29.9 Å². The van der Waals surface area contributed by atoms with E-state index in [1.165, 1.54) is 0 Å². The Bertz CT molecular complexity index is 1530. The summed E-state index contributed by atoms with van der Waals surface area (Å²) in [4.78, 5) is 39.8. The first-order valence-electron chi connectivity index (χ1n) is 11.7. The first-order valence-corrected chi connectivity index (χ1v) is 11.7. The van der Waals surface area contributed by atoms with E-state index in [-0.39, 0.29) is 0 Å². The molecule has 4 amide bonds. The second-order valence-electron chi connectivity index (χ2n) is 9.32. The van der Waals surface area contributed by atoms with Crippen molar-refractivity contribution in [2.45, 2.75) is 31.3 Å². The fraction of sp³-hybridized carbons (Fsp3) is 0.231. The number of aromatic nitrogens is 4. The summed E-state index contributed by atoms with van der Waals surface area (Å²) in [6.07, 6.45) is 2.08. The molecule has 36 heavy (non-hydrogen) atoms. The lowest BCUT2D eigenvalue weighted by Gasteiger charge is -2.22. The number of rotatable bonds is 6. The largest absolute Gasteiger partial charge is 0.325 e. The lowest BCUT2D eigenvalue weighted by Crippen LogP contribution is -2.42. The molecule has 2 N–H and O–H groups in total. The number of tetrazole rings is 1. The van der Waals surface area contributed by atoms with Gasteiger partial charge in [0.05, 0.1) is 6.04 Å². The molecule has 1 unspecified atom stereocenters. The van der Waals surface area contributed by atoms with Crippen molar-refractivity contribution in [3.63, 3.8) is 0 Å². The Morgan fingerprint density at radius 2 is 1.86 bits per heavy atom. The molecule has 2 heterocycles. The quantitative estimate of drug-likeness (QED) is 0.408. The van der Waals surface area contributed by atoms with E-state index in [4.69, 9.17) is 0 Å². The summed E-state index contributed by atoms with van der Waals surface area (Å²) >= 11 is 0. The van der Waals surface area contributed by atoms with Crippen LogP contribution in [-0.4, -0.2) is 49.5 Å². The van der Waals surface area contributed by atoms with Crippen molar-refractivity contribution in [2.75, 3.05) is 11.9 Å². The number of hydrogen-bond donors (Lipinski definition) is 2. The summed E-state index contributed by atoms with van der Waals surface area (Å²) in [6.45, 7) is 1.25. The summed E-state index contributed by atoms with van der Waals surface area (Å²) in [6, 6.07) is 20.3. The molecule has 3 aromatic carbocycles. The van der Waals surface area contributed by atoms with Crippen molar-refractivity contribution in [2.24, 2.45) is 0 Å². The number of anilines is 1. The zero-order chi connectivity index (χ0) is 24.9. The Kier molecular flexibility index (Phi) is 5.03. The Balaban J connectivity index is 1.18. The number of carbonyl (C=O) groups excluding carboxylic acids is 3. The Morgan fingerprint density at radius 3 is 2.67 bits per heavy atom. The normalized spacial score (nSPS) is 19.5. The van der Waals surface area contributed by atoms with Gasteiger partial charge in [0.15, 0.2) is 5.82 Å². The maximum Gasteiger partial charge on any atom is 0.325 e. The molecule has 180 valence electrons. The number of carbonyl (C=O) groups is 3. The van der Waals surface area contributed by atoms with Gasteiger partial charge in [0.1, 0.15) is 12.1 Å². The van der Waals surface area contributed by atoms with Gasteiger partial charge >= 0.3 is 6.03 Å². The van der Waals surface area contributed by atoms with Gasteiger partial charge in [0.25, 0.3) is 5.91 Å². The van der Waals surface area contributed by atoms with Crippen molar-refractivity contribution >= 4 is 34.3 Å². The maximum atomic E-state index is 13.3. The lowest BCUT2D eigenvalue weighted by atomic mass is 9.90. The van der Waals surface area contributed by atoms with Crippen LogP contribution >= 0.6 is 0 Å². The van der Waals surface area contributed by atoms with E-state index in [1.807, 2.05) is 48.5 Å². The minimum absolute atomic E-state index is 0.310. The predicted molar refractivity (Wildman–Crippen MR) is 132 cm³/mol. The highest BCUT2D eigenvalue weighted by molar-refractivity contribution is 6.10. The van der Waals surface area contributed by atoms with Gasteiger partial charge in [-0.3, -0.25) is 14.5 Å². The maximum absolute atomic E-state index is 13.3. The third kappa shape index (κ3) is 3.76. The molecule has 1 aliphatic heterocycles. The van der Waals surface area contributed by atoms with E-state index >= 15 is 0 Å². The Labute approximate surface area is 206 Å². The zero-order valence-electron chi connectivity index (χ0n) is 19.5. The van der Waals surface area contributed by atoms with E-state index in [9.17, 15) is 14.4 Å². The molecule has 1 atom stereocenters. The molecule has 2 aliphatic rings. The number of amides is 4. The average molecular weight is 482 g/mol. The van der Waals surface area contributed by atoms with E-state index in [0.29, 0.717) is 23.1 Å². The second kappa shape index (κ2) is 8.26. The molecular weight excluding hydrogens is 458 g/mol. The highest BCUT2D eigenvalue weighted by Crippen LogP contribution is 2.37. The molecule has 10 nitrogen and oxygen atoms in total. The van der Waals surface area contributed by atoms with E-state index in [1.54, 1.807) is 29.8 Å². The number of nitrogens with zero attached hydrogens (tertiary/aromatic N) is 5. The summed E-state index contributed by atoms with van der Waals surface area (Å²) < 4.78 is 1.79. The fourth-order valence-corrected chi connectivity index (χ4v) is 4.57. The standard InChI is InChI=1S/C26H23N7O3/c1-26(19-10-9-16-5-2-3-6-17(16)13-19)24(35)32(25(36)28-26)15-22(34)27-20-8-4-7-18(14-20)23-29-30-31-33(23)21-11-12-21/h2-10,13-14,21H,11-12,15H2,1H3,(H,27,34)(H,28,36). The summed E-state index contributed by atoms with van der Waals surface area (Å²) in [5, 5.41) is 19.5.